The van der Waals surface area contributed by atoms with Gasteiger partial charge in [-0.2, -0.15) is 5.26 Å². The third-order valence-corrected chi connectivity index (χ3v) is 6.04. The van der Waals surface area contributed by atoms with E-state index in [4.69, 9.17) is 16.3 Å². The van der Waals surface area contributed by atoms with E-state index in [0.717, 1.165) is 33.3 Å². The summed E-state index contributed by atoms with van der Waals surface area (Å²) in [7, 11) is 1.54. The van der Waals surface area contributed by atoms with Crippen LogP contribution < -0.4 is 10.1 Å². The number of halogens is 1. The van der Waals surface area contributed by atoms with E-state index in [1.54, 1.807) is 19.3 Å². The quantitative estimate of drug-likeness (QED) is 0.258. The molecule has 5 nitrogen and oxygen atoms in total. The van der Waals surface area contributed by atoms with Gasteiger partial charge in [0.25, 0.3) is 5.91 Å². The fourth-order valence-electron chi connectivity index (χ4n) is 4.02. The topological polar surface area (TPSA) is 67.0 Å². The molecule has 0 radical (unpaired) electrons. The lowest BCUT2D eigenvalue weighted by Gasteiger charge is -2.11. The van der Waals surface area contributed by atoms with Gasteiger partial charge in [-0.3, -0.25) is 4.79 Å². The fourth-order valence-corrected chi connectivity index (χ4v) is 4.14. The molecule has 0 aliphatic heterocycles. The Morgan fingerprint density at radius 3 is 2.56 bits per heavy atom. The van der Waals surface area contributed by atoms with E-state index < -0.39 is 5.91 Å². The lowest BCUT2D eigenvalue weighted by molar-refractivity contribution is -0.112. The van der Waals surface area contributed by atoms with Crippen molar-refractivity contribution < 1.29 is 9.53 Å². The highest BCUT2D eigenvalue weighted by atomic mass is 35.5. The third kappa shape index (κ3) is 4.68. The van der Waals surface area contributed by atoms with Crippen LogP contribution in [0.5, 0.6) is 5.75 Å². The molecule has 1 heterocycles. The van der Waals surface area contributed by atoms with Crippen LogP contribution >= 0.6 is 11.6 Å². The number of methoxy groups -OCH3 is 1. The van der Waals surface area contributed by atoms with Gasteiger partial charge in [-0.15, -0.1) is 0 Å². The first kappa shape index (κ1) is 23.2. The first-order valence-electron chi connectivity index (χ1n) is 10.8. The molecule has 1 aromatic heterocycles. The Morgan fingerprint density at radius 2 is 1.85 bits per heavy atom. The van der Waals surface area contributed by atoms with Gasteiger partial charge in [-0.05, 0) is 61.4 Å². The van der Waals surface area contributed by atoms with Crippen LogP contribution in [0.3, 0.4) is 0 Å². The Labute approximate surface area is 203 Å². The molecular formula is C28H24ClN3O2. The number of hydrogen-bond donors (Lipinski definition) is 1. The van der Waals surface area contributed by atoms with Gasteiger partial charge in [0.2, 0.25) is 0 Å². The minimum atomic E-state index is -0.486. The van der Waals surface area contributed by atoms with Gasteiger partial charge in [-0.25, -0.2) is 0 Å². The molecule has 1 amide bonds. The normalized spacial score (nSPS) is 11.3. The largest absolute Gasteiger partial charge is 0.495 e. The van der Waals surface area contributed by atoms with E-state index in [1.807, 2.05) is 74.5 Å². The standard InChI is InChI=1S/C28H24ClN3O2/c1-18-8-13-27(34-3)25(14-18)31-28(33)21(16-30)15-24-19(2)32(26-7-5-4-6-23(24)26)17-20-9-11-22(29)12-10-20/h4-15H,17H2,1-3H3,(H,31,33)/b21-15+. The summed E-state index contributed by atoms with van der Waals surface area (Å²) >= 11 is 6.04. The molecule has 0 saturated carbocycles. The van der Waals surface area contributed by atoms with E-state index >= 15 is 0 Å². The number of hydrogen-bond acceptors (Lipinski definition) is 3. The Kier molecular flexibility index (Phi) is 6.72. The molecule has 4 rings (SSSR count). The van der Waals surface area contributed by atoms with Gasteiger partial charge in [0.05, 0.1) is 12.8 Å². The number of anilines is 1. The van der Waals surface area contributed by atoms with Crippen LogP contribution in [-0.2, 0) is 11.3 Å². The minimum absolute atomic E-state index is 0.0149. The van der Waals surface area contributed by atoms with Crippen LogP contribution in [0, 0.1) is 25.2 Å². The fraction of sp³-hybridized carbons (Fsp3) is 0.143. The number of ether oxygens (including phenoxy) is 1. The number of carbonyl (C=O) groups excluding carboxylic acids is 1. The molecule has 0 fully saturated rings. The first-order valence-corrected chi connectivity index (χ1v) is 11.2. The molecule has 0 saturated heterocycles. The second kappa shape index (κ2) is 9.86. The molecule has 170 valence electrons. The first-order chi connectivity index (χ1) is 16.4. The summed E-state index contributed by atoms with van der Waals surface area (Å²) in [4.78, 5) is 13.0. The van der Waals surface area contributed by atoms with Crippen LogP contribution in [0.25, 0.3) is 17.0 Å². The highest BCUT2D eigenvalue weighted by molar-refractivity contribution is 6.30. The number of nitriles is 1. The lowest BCUT2D eigenvalue weighted by Crippen LogP contribution is -2.14. The van der Waals surface area contributed by atoms with Crippen LogP contribution in [0.4, 0.5) is 5.69 Å². The Bertz CT molecular complexity index is 1440. The molecule has 6 heteroatoms. The molecular weight excluding hydrogens is 446 g/mol. The van der Waals surface area contributed by atoms with Crippen molar-refractivity contribution in [2.75, 3.05) is 12.4 Å². The van der Waals surface area contributed by atoms with E-state index in [9.17, 15) is 10.1 Å². The summed E-state index contributed by atoms with van der Waals surface area (Å²) in [6.07, 6.45) is 1.66. The SMILES string of the molecule is COc1ccc(C)cc1NC(=O)/C(C#N)=C/c1c(C)n(Cc2ccc(Cl)cc2)c2ccccc12. The zero-order chi connectivity index (χ0) is 24.2. The number of carbonyl (C=O) groups is 1. The molecule has 0 unspecified atom stereocenters. The number of aromatic nitrogens is 1. The number of rotatable bonds is 6. The lowest BCUT2D eigenvalue weighted by atomic mass is 10.1. The van der Waals surface area contributed by atoms with E-state index in [-0.39, 0.29) is 5.57 Å². The van der Waals surface area contributed by atoms with Crippen LogP contribution in [-0.4, -0.2) is 17.6 Å². The summed E-state index contributed by atoms with van der Waals surface area (Å²) in [6, 6.07) is 23.3. The predicted octanol–water partition coefficient (Wildman–Crippen LogP) is 6.51. The van der Waals surface area contributed by atoms with Crippen molar-refractivity contribution in [2.45, 2.75) is 20.4 Å². The minimum Gasteiger partial charge on any atom is -0.495 e. The summed E-state index contributed by atoms with van der Waals surface area (Å²) in [5, 5.41) is 14.3. The van der Waals surface area contributed by atoms with Crippen LogP contribution in [0.15, 0.2) is 72.3 Å². The van der Waals surface area contributed by atoms with E-state index in [1.165, 1.54) is 0 Å². The summed E-state index contributed by atoms with van der Waals surface area (Å²) < 4.78 is 7.53. The van der Waals surface area contributed by atoms with Crippen molar-refractivity contribution in [3.8, 4) is 11.8 Å². The van der Waals surface area contributed by atoms with Crippen molar-refractivity contribution in [1.29, 1.82) is 5.26 Å². The molecule has 0 bridgehead atoms. The number of amides is 1. The molecule has 0 aliphatic rings. The number of aryl methyl sites for hydroxylation is 1. The third-order valence-electron chi connectivity index (χ3n) is 5.79. The number of nitrogens with one attached hydrogen (secondary N) is 1. The predicted molar refractivity (Wildman–Crippen MR) is 137 cm³/mol. The smallest absolute Gasteiger partial charge is 0.266 e. The zero-order valence-electron chi connectivity index (χ0n) is 19.2. The molecule has 3 aromatic carbocycles. The summed E-state index contributed by atoms with van der Waals surface area (Å²) in [5.74, 6) is 0.0484. The van der Waals surface area contributed by atoms with Crippen molar-refractivity contribution in [3.63, 3.8) is 0 Å². The second-order valence-corrected chi connectivity index (χ2v) is 8.49. The van der Waals surface area contributed by atoms with Crippen molar-refractivity contribution in [1.82, 2.24) is 4.57 Å². The zero-order valence-corrected chi connectivity index (χ0v) is 20.0. The Morgan fingerprint density at radius 1 is 1.12 bits per heavy atom. The highest BCUT2D eigenvalue weighted by Crippen LogP contribution is 2.30. The van der Waals surface area contributed by atoms with Crippen LogP contribution in [0.2, 0.25) is 5.02 Å². The van der Waals surface area contributed by atoms with Gasteiger partial charge < -0.3 is 14.6 Å². The van der Waals surface area contributed by atoms with Crippen molar-refractivity contribution >= 4 is 40.2 Å². The number of benzene rings is 3. The second-order valence-electron chi connectivity index (χ2n) is 8.06. The number of fused-ring (bicyclic) bond motifs is 1. The molecule has 0 atom stereocenters. The average Bonchev–Trinajstić information content (AvgIpc) is 3.09. The number of nitrogens with zero attached hydrogens (tertiary/aromatic N) is 2. The Hall–Kier alpha value is -4.01. The van der Waals surface area contributed by atoms with Gasteiger partial charge in [-0.1, -0.05) is 48.0 Å². The summed E-state index contributed by atoms with van der Waals surface area (Å²) in [6.45, 7) is 4.57. The molecule has 0 spiro atoms. The molecule has 4 aromatic rings. The van der Waals surface area contributed by atoms with Crippen molar-refractivity contribution in [3.05, 3.63) is 99.7 Å². The van der Waals surface area contributed by atoms with Crippen molar-refractivity contribution in [2.24, 2.45) is 0 Å². The molecule has 0 aliphatic carbocycles. The van der Waals surface area contributed by atoms with E-state index in [0.29, 0.717) is 23.0 Å². The summed E-state index contributed by atoms with van der Waals surface area (Å²) in [5.41, 5.74) is 5.45. The van der Waals surface area contributed by atoms with Gasteiger partial charge in [0.15, 0.2) is 0 Å². The highest BCUT2D eigenvalue weighted by Gasteiger charge is 2.17. The molecule has 1 N–H and O–H groups in total. The van der Waals surface area contributed by atoms with E-state index in [2.05, 4.69) is 16.0 Å². The maximum atomic E-state index is 13.0. The maximum Gasteiger partial charge on any atom is 0.266 e. The monoisotopic (exact) mass is 469 g/mol. The number of para-hydroxylation sites is 1. The van der Waals surface area contributed by atoms with Gasteiger partial charge in [0.1, 0.15) is 17.4 Å². The van der Waals surface area contributed by atoms with Gasteiger partial charge >= 0.3 is 0 Å². The maximum absolute atomic E-state index is 13.0. The molecule has 34 heavy (non-hydrogen) atoms. The average molecular weight is 470 g/mol. The van der Waals surface area contributed by atoms with Crippen LogP contribution in [0.1, 0.15) is 22.4 Å². The van der Waals surface area contributed by atoms with Gasteiger partial charge in [0, 0.05) is 33.7 Å². The Balaban J connectivity index is 1.74.